The third-order valence-corrected chi connectivity index (χ3v) is 4.07. The van der Waals surface area contributed by atoms with Gasteiger partial charge in [-0.15, -0.1) is 0 Å². The van der Waals surface area contributed by atoms with E-state index in [0.717, 1.165) is 23.9 Å². The summed E-state index contributed by atoms with van der Waals surface area (Å²) in [6, 6.07) is 3.55. The highest BCUT2D eigenvalue weighted by atomic mass is 35.5. The highest BCUT2D eigenvalue weighted by Crippen LogP contribution is 2.28. The summed E-state index contributed by atoms with van der Waals surface area (Å²) in [5.74, 6) is 0.499. The Bertz CT molecular complexity index is 666. The normalized spacial score (nSPS) is 22.4. The van der Waals surface area contributed by atoms with Crippen LogP contribution in [0.3, 0.4) is 0 Å². The lowest BCUT2D eigenvalue weighted by molar-refractivity contribution is -0.117. The van der Waals surface area contributed by atoms with E-state index in [4.69, 9.17) is 11.6 Å². The molecule has 3 rings (SSSR count). The van der Waals surface area contributed by atoms with Gasteiger partial charge in [0.05, 0.1) is 28.5 Å². The molecule has 106 valence electrons. The Hall–Kier alpha value is -1.59. The Balaban J connectivity index is 1.84. The van der Waals surface area contributed by atoms with E-state index in [1.807, 2.05) is 19.2 Å². The van der Waals surface area contributed by atoms with E-state index in [1.165, 1.54) is 0 Å². The predicted molar refractivity (Wildman–Crippen MR) is 79.9 cm³/mol. The number of anilines is 1. The van der Waals surface area contributed by atoms with Crippen LogP contribution in [0.2, 0.25) is 5.02 Å². The Morgan fingerprint density at radius 1 is 1.55 bits per heavy atom. The summed E-state index contributed by atoms with van der Waals surface area (Å²) in [5, 5.41) is 11.8. The summed E-state index contributed by atoms with van der Waals surface area (Å²) in [4.78, 5) is 12.2. The van der Waals surface area contributed by atoms with Gasteiger partial charge in [0, 0.05) is 12.4 Å². The molecule has 0 saturated carbocycles. The molecule has 2 aromatic rings. The Kier molecular flexibility index (Phi) is 3.40. The minimum atomic E-state index is -0.136. The van der Waals surface area contributed by atoms with Crippen LogP contribution in [0.1, 0.15) is 13.3 Å². The standard InChI is InChI=1S/C14H17ClN4O/c1-8-3-12(16-6-8)14(20)18-11-5-13-9(4-10(11)15)7-17-19(13)2/h4-5,7-8,12,16H,3,6H2,1-2H3,(H,18,20)/t8?,12-/m0/s1. The smallest absolute Gasteiger partial charge is 0.241 e. The molecule has 1 aliphatic heterocycles. The monoisotopic (exact) mass is 292 g/mol. The fourth-order valence-corrected chi connectivity index (χ4v) is 2.82. The first kappa shape index (κ1) is 13.4. The molecular formula is C14H17ClN4O. The first-order valence-electron chi connectivity index (χ1n) is 6.70. The SMILES string of the molecule is CC1CN[C@H](C(=O)Nc2cc3c(cnn3C)cc2Cl)C1. The van der Waals surface area contributed by atoms with E-state index < -0.39 is 0 Å². The zero-order valence-corrected chi connectivity index (χ0v) is 12.2. The molecule has 0 spiro atoms. The van der Waals surface area contributed by atoms with Crippen molar-refractivity contribution >= 4 is 34.1 Å². The summed E-state index contributed by atoms with van der Waals surface area (Å²) < 4.78 is 1.76. The van der Waals surface area contributed by atoms with Crippen molar-refractivity contribution in [3.05, 3.63) is 23.4 Å². The number of hydrogen-bond acceptors (Lipinski definition) is 3. The van der Waals surface area contributed by atoms with Crippen molar-refractivity contribution in [3.63, 3.8) is 0 Å². The van der Waals surface area contributed by atoms with Gasteiger partial charge >= 0.3 is 0 Å². The number of nitrogens with zero attached hydrogens (tertiary/aromatic N) is 2. The molecule has 0 bridgehead atoms. The lowest BCUT2D eigenvalue weighted by Gasteiger charge is -2.12. The van der Waals surface area contributed by atoms with Crippen molar-refractivity contribution in [2.75, 3.05) is 11.9 Å². The summed E-state index contributed by atoms with van der Waals surface area (Å²) >= 11 is 6.22. The number of nitrogens with one attached hydrogen (secondary N) is 2. The number of amides is 1. The van der Waals surface area contributed by atoms with Crippen LogP contribution in [-0.4, -0.2) is 28.3 Å². The van der Waals surface area contributed by atoms with Crippen LogP contribution in [0.25, 0.3) is 10.9 Å². The van der Waals surface area contributed by atoms with Gasteiger partial charge in [0.1, 0.15) is 0 Å². The first-order valence-corrected chi connectivity index (χ1v) is 7.08. The number of hydrogen-bond donors (Lipinski definition) is 2. The Morgan fingerprint density at radius 3 is 3.05 bits per heavy atom. The number of halogens is 1. The van der Waals surface area contributed by atoms with Gasteiger partial charge in [0.15, 0.2) is 0 Å². The molecule has 1 saturated heterocycles. The quantitative estimate of drug-likeness (QED) is 0.892. The van der Waals surface area contributed by atoms with E-state index in [1.54, 1.807) is 10.9 Å². The van der Waals surface area contributed by atoms with Gasteiger partial charge in [0.2, 0.25) is 5.91 Å². The molecule has 1 unspecified atom stereocenters. The van der Waals surface area contributed by atoms with Gasteiger partial charge in [-0.2, -0.15) is 5.10 Å². The maximum Gasteiger partial charge on any atom is 0.241 e. The minimum absolute atomic E-state index is 0.0298. The van der Waals surface area contributed by atoms with Gasteiger partial charge in [0.25, 0.3) is 0 Å². The fraction of sp³-hybridized carbons (Fsp3) is 0.429. The van der Waals surface area contributed by atoms with Crippen LogP contribution < -0.4 is 10.6 Å². The number of carbonyl (C=O) groups excluding carboxylic acids is 1. The molecule has 1 fully saturated rings. The van der Waals surface area contributed by atoms with Gasteiger partial charge in [-0.3, -0.25) is 9.48 Å². The van der Waals surface area contributed by atoms with E-state index in [2.05, 4.69) is 22.7 Å². The lowest BCUT2D eigenvalue weighted by Crippen LogP contribution is -2.35. The topological polar surface area (TPSA) is 59.0 Å². The molecule has 1 amide bonds. The molecule has 2 atom stereocenters. The fourth-order valence-electron chi connectivity index (χ4n) is 2.60. The molecule has 1 aromatic heterocycles. The summed E-state index contributed by atoms with van der Waals surface area (Å²) in [6.07, 6.45) is 2.62. The second kappa shape index (κ2) is 5.07. The van der Waals surface area contributed by atoms with Crippen LogP contribution in [0, 0.1) is 5.92 Å². The van der Waals surface area contributed by atoms with Crippen LogP contribution in [0.5, 0.6) is 0 Å². The molecule has 6 heteroatoms. The minimum Gasteiger partial charge on any atom is -0.323 e. The first-order chi connectivity index (χ1) is 9.54. The van der Waals surface area contributed by atoms with E-state index >= 15 is 0 Å². The van der Waals surface area contributed by atoms with Crippen molar-refractivity contribution in [3.8, 4) is 0 Å². The predicted octanol–water partition coefficient (Wildman–Crippen LogP) is 2.16. The molecule has 0 aliphatic carbocycles. The average molecular weight is 293 g/mol. The number of rotatable bonds is 2. The van der Waals surface area contributed by atoms with Gasteiger partial charge < -0.3 is 10.6 Å². The van der Waals surface area contributed by atoms with Crippen LogP contribution in [0.4, 0.5) is 5.69 Å². The average Bonchev–Trinajstić information content (AvgIpc) is 2.98. The molecule has 5 nitrogen and oxygen atoms in total. The molecule has 20 heavy (non-hydrogen) atoms. The van der Waals surface area contributed by atoms with Crippen molar-refractivity contribution in [2.24, 2.45) is 13.0 Å². The van der Waals surface area contributed by atoms with E-state index in [0.29, 0.717) is 16.6 Å². The van der Waals surface area contributed by atoms with Gasteiger partial charge in [-0.25, -0.2) is 0 Å². The number of fused-ring (bicyclic) bond motifs is 1. The third kappa shape index (κ3) is 2.39. The van der Waals surface area contributed by atoms with Crippen molar-refractivity contribution in [1.82, 2.24) is 15.1 Å². The maximum atomic E-state index is 12.2. The lowest BCUT2D eigenvalue weighted by atomic mass is 10.1. The molecule has 2 heterocycles. The number of aryl methyl sites for hydroxylation is 1. The number of carbonyl (C=O) groups is 1. The van der Waals surface area contributed by atoms with Crippen molar-refractivity contribution in [1.29, 1.82) is 0 Å². The van der Waals surface area contributed by atoms with Crippen LogP contribution in [0.15, 0.2) is 18.3 Å². The van der Waals surface area contributed by atoms with Crippen molar-refractivity contribution < 1.29 is 4.79 Å². The number of aromatic nitrogens is 2. The van der Waals surface area contributed by atoms with Crippen molar-refractivity contribution in [2.45, 2.75) is 19.4 Å². The van der Waals surface area contributed by atoms with Gasteiger partial charge in [-0.1, -0.05) is 18.5 Å². The summed E-state index contributed by atoms with van der Waals surface area (Å²) in [5.41, 5.74) is 1.58. The van der Waals surface area contributed by atoms with E-state index in [9.17, 15) is 4.79 Å². The van der Waals surface area contributed by atoms with Crippen LogP contribution in [-0.2, 0) is 11.8 Å². The highest BCUT2D eigenvalue weighted by molar-refractivity contribution is 6.34. The zero-order valence-electron chi connectivity index (χ0n) is 11.5. The third-order valence-electron chi connectivity index (χ3n) is 3.76. The van der Waals surface area contributed by atoms with Crippen LogP contribution >= 0.6 is 11.6 Å². The molecule has 1 aromatic carbocycles. The Labute approximate surface area is 122 Å². The summed E-state index contributed by atoms with van der Waals surface area (Å²) in [6.45, 7) is 3.02. The molecule has 1 aliphatic rings. The second-order valence-corrected chi connectivity index (χ2v) is 5.86. The highest BCUT2D eigenvalue weighted by Gasteiger charge is 2.27. The largest absolute Gasteiger partial charge is 0.323 e. The van der Waals surface area contributed by atoms with E-state index in [-0.39, 0.29) is 11.9 Å². The molecular weight excluding hydrogens is 276 g/mol. The summed E-state index contributed by atoms with van der Waals surface area (Å²) in [7, 11) is 1.86. The maximum absolute atomic E-state index is 12.2. The number of benzene rings is 1. The molecule has 2 N–H and O–H groups in total. The van der Waals surface area contributed by atoms with Gasteiger partial charge in [-0.05, 0) is 31.0 Å². The zero-order chi connectivity index (χ0) is 14.3. The molecule has 0 radical (unpaired) electrons. The Morgan fingerprint density at radius 2 is 2.35 bits per heavy atom. The second-order valence-electron chi connectivity index (χ2n) is 5.45.